The molecule has 74 valence electrons. The van der Waals surface area contributed by atoms with Crippen LogP contribution in [0.15, 0.2) is 28.9 Å². The zero-order valence-corrected chi connectivity index (χ0v) is 8.78. The lowest BCUT2D eigenvalue weighted by molar-refractivity contribution is 0.561. The summed E-state index contributed by atoms with van der Waals surface area (Å²) in [7, 11) is 0. The summed E-state index contributed by atoms with van der Waals surface area (Å²) in [6.45, 7) is 1.84. The Morgan fingerprint density at radius 1 is 1.33 bits per heavy atom. The molecule has 0 saturated carbocycles. The summed E-state index contributed by atoms with van der Waals surface area (Å²) in [5.74, 6) is 0.668. The number of aromatic nitrogens is 3. The van der Waals surface area contributed by atoms with Gasteiger partial charge in [0.25, 0.3) is 0 Å². The number of aryl methyl sites for hydroxylation is 1. The summed E-state index contributed by atoms with van der Waals surface area (Å²) in [5.41, 5.74) is 2.62. The van der Waals surface area contributed by atoms with Gasteiger partial charge >= 0.3 is 0 Å². The van der Waals surface area contributed by atoms with Crippen molar-refractivity contribution in [3.8, 4) is 10.6 Å². The molecule has 0 spiro atoms. The molecule has 3 rings (SSSR count). The van der Waals surface area contributed by atoms with Gasteiger partial charge in [0.15, 0.2) is 11.5 Å². The predicted molar refractivity (Wildman–Crippen MR) is 57.6 cm³/mol. The van der Waals surface area contributed by atoms with E-state index in [9.17, 15) is 0 Å². The molecule has 0 radical (unpaired) electrons. The molecular weight excluding hydrogens is 210 g/mol. The second-order valence-electron chi connectivity index (χ2n) is 3.13. The van der Waals surface area contributed by atoms with Gasteiger partial charge < -0.3 is 4.42 Å². The van der Waals surface area contributed by atoms with Gasteiger partial charge in [0.2, 0.25) is 0 Å². The third-order valence-electron chi connectivity index (χ3n) is 2.12. The Hall–Kier alpha value is -1.75. The lowest BCUT2D eigenvalue weighted by atomic mass is 10.2. The molecule has 15 heavy (non-hydrogen) atoms. The van der Waals surface area contributed by atoms with Crippen LogP contribution in [-0.4, -0.2) is 14.3 Å². The fraction of sp³-hybridized carbons (Fsp3) is 0.100. The number of para-hydroxylation sites is 1. The molecule has 0 bridgehead atoms. The SMILES string of the molecule is Cc1nc2c(-c3ncns3)cccc2o1. The number of hydrogen-bond donors (Lipinski definition) is 0. The van der Waals surface area contributed by atoms with Crippen LogP contribution in [-0.2, 0) is 0 Å². The Morgan fingerprint density at radius 3 is 3.07 bits per heavy atom. The van der Waals surface area contributed by atoms with Crippen LogP contribution in [0.1, 0.15) is 5.89 Å². The van der Waals surface area contributed by atoms with Crippen molar-refractivity contribution < 1.29 is 4.42 Å². The van der Waals surface area contributed by atoms with E-state index in [1.807, 2.05) is 25.1 Å². The molecule has 0 fully saturated rings. The second-order valence-corrected chi connectivity index (χ2v) is 3.91. The minimum atomic E-state index is 0.668. The molecule has 0 aliphatic carbocycles. The molecule has 0 atom stereocenters. The largest absolute Gasteiger partial charge is 0.441 e. The highest BCUT2D eigenvalue weighted by atomic mass is 32.1. The molecular formula is C10H7N3OS. The van der Waals surface area contributed by atoms with Gasteiger partial charge in [-0.2, -0.15) is 4.37 Å². The van der Waals surface area contributed by atoms with Crippen LogP contribution in [0.4, 0.5) is 0 Å². The predicted octanol–water partition coefficient (Wildman–Crippen LogP) is 2.65. The number of hydrogen-bond acceptors (Lipinski definition) is 5. The summed E-state index contributed by atoms with van der Waals surface area (Å²) in [6.07, 6.45) is 1.55. The van der Waals surface area contributed by atoms with E-state index < -0.39 is 0 Å². The third kappa shape index (κ3) is 1.32. The Labute approximate surface area is 89.8 Å². The smallest absolute Gasteiger partial charge is 0.192 e. The van der Waals surface area contributed by atoms with Gasteiger partial charge in [0.1, 0.15) is 16.9 Å². The van der Waals surface area contributed by atoms with Crippen LogP contribution in [0, 0.1) is 6.92 Å². The van der Waals surface area contributed by atoms with E-state index in [1.165, 1.54) is 11.5 Å². The number of benzene rings is 1. The summed E-state index contributed by atoms with van der Waals surface area (Å²) in [5, 5.41) is 0.869. The topological polar surface area (TPSA) is 51.8 Å². The van der Waals surface area contributed by atoms with E-state index in [1.54, 1.807) is 6.33 Å². The molecule has 2 heterocycles. The van der Waals surface area contributed by atoms with Crippen molar-refractivity contribution in [2.24, 2.45) is 0 Å². The van der Waals surface area contributed by atoms with Crippen molar-refractivity contribution in [1.29, 1.82) is 0 Å². The molecule has 0 saturated heterocycles. The first-order valence-corrected chi connectivity index (χ1v) is 5.25. The Morgan fingerprint density at radius 2 is 2.27 bits per heavy atom. The Kier molecular flexibility index (Phi) is 1.78. The number of oxazole rings is 1. The molecule has 0 aliphatic heterocycles. The fourth-order valence-electron chi connectivity index (χ4n) is 1.52. The maximum absolute atomic E-state index is 5.45. The maximum atomic E-state index is 5.45. The van der Waals surface area contributed by atoms with E-state index in [0.717, 1.165) is 21.7 Å². The van der Waals surface area contributed by atoms with Crippen LogP contribution in [0.5, 0.6) is 0 Å². The number of rotatable bonds is 1. The van der Waals surface area contributed by atoms with Gasteiger partial charge in [-0.15, -0.1) is 0 Å². The van der Waals surface area contributed by atoms with Crippen molar-refractivity contribution in [3.05, 3.63) is 30.4 Å². The highest BCUT2D eigenvalue weighted by molar-refractivity contribution is 7.09. The zero-order chi connectivity index (χ0) is 10.3. The average molecular weight is 217 g/mol. The summed E-state index contributed by atoms with van der Waals surface area (Å²) >= 11 is 1.36. The standard InChI is InChI=1S/C10H7N3OS/c1-6-13-9-7(10-11-5-12-15-10)3-2-4-8(9)14-6/h2-5H,1H3. The highest BCUT2D eigenvalue weighted by Crippen LogP contribution is 2.28. The summed E-state index contributed by atoms with van der Waals surface area (Å²) in [4.78, 5) is 8.51. The molecule has 4 nitrogen and oxygen atoms in total. The third-order valence-corrected chi connectivity index (χ3v) is 2.82. The average Bonchev–Trinajstić information content (AvgIpc) is 2.82. The lowest BCUT2D eigenvalue weighted by Crippen LogP contribution is -1.78. The molecule has 2 aromatic heterocycles. The Balaban J connectivity index is 2.35. The molecule has 1 aromatic carbocycles. The van der Waals surface area contributed by atoms with Crippen LogP contribution in [0.25, 0.3) is 21.7 Å². The minimum Gasteiger partial charge on any atom is -0.441 e. The van der Waals surface area contributed by atoms with Crippen molar-refractivity contribution in [3.63, 3.8) is 0 Å². The minimum absolute atomic E-state index is 0.668. The van der Waals surface area contributed by atoms with Crippen molar-refractivity contribution in [2.45, 2.75) is 6.92 Å². The number of nitrogens with zero attached hydrogens (tertiary/aromatic N) is 3. The highest BCUT2D eigenvalue weighted by Gasteiger charge is 2.10. The monoisotopic (exact) mass is 217 g/mol. The first kappa shape index (κ1) is 8.55. The van der Waals surface area contributed by atoms with Crippen molar-refractivity contribution in [1.82, 2.24) is 14.3 Å². The molecule has 0 N–H and O–H groups in total. The van der Waals surface area contributed by atoms with Gasteiger partial charge in [0, 0.05) is 12.5 Å². The first-order valence-electron chi connectivity index (χ1n) is 4.48. The lowest BCUT2D eigenvalue weighted by Gasteiger charge is -1.94. The van der Waals surface area contributed by atoms with Gasteiger partial charge in [-0.05, 0) is 23.7 Å². The fourth-order valence-corrected chi connectivity index (χ4v) is 2.08. The van der Waals surface area contributed by atoms with Crippen LogP contribution < -0.4 is 0 Å². The molecule has 5 heteroatoms. The van der Waals surface area contributed by atoms with E-state index in [4.69, 9.17) is 4.42 Å². The summed E-state index contributed by atoms with van der Waals surface area (Å²) < 4.78 is 9.44. The van der Waals surface area contributed by atoms with Gasteiger partial charge in [-0.1, -0.05) is 6.07 Å². The second kappa shape index (κ2) is 3.13. The van der Waals surface area contributed by atoms with Crippen molar-refractivity contribution in [2.75, 3.05) is 0 Å². The van der Waals surface area contributed by atoms with E-state index in [-0.39, 0.29) is 0 Å². The molecule has 0 amide bonds. The normalized spacial score (nSPS) is 11.0. The molecule has 0 unspecified atom stereocenters. The Bertz CT molecular complexity index is 600. The van der Waals surface area contributed by atoms with Gasteiger partial charge in [-0.25, -0.2) is 9.97 Å². The molecule has 0 aliphatic rings. The van der Waals surface area contributed by atoms with Crippen LogP contribution in [0.2, 0.25) is 0 Å². The van der Waals surface area contributed by atoms with E-state index in [2.05, 4.69) is 14.3 Å². The quantitative estimate of drug-likeness (QED) is 0.628. The maximum Gasteiger partial charge on any atom is 0.192 e. The molecule has 3 aromatic rings. The van der Waals surface area contributed by atoms with E-state index >= 15 is 0 Å². The van der Waals surface area contributed by atoms with Crippen LogP contribution in [0.3, 0.4) is 0 Å². The zero-order valence-electron chi connectivity index (χ0n) is 7.97. The van der Waals surface area contributed by atoms with Gasteiger partial charge in [-0.3, -0.25) is 0 Å². The first-order chi connectivity index (χ1) is 7.34. The van der Waals surface area contributed by atoms with Gasteiger partial charge in [0.05, 0.1) is 0 Å². The van der Waals surface area contributed by atoms with Crippen molar-refractivity contribution >= 4 is 22.6 Å². The van der Waals surface area contributed by atoms with Crippen LogP contribution >= 0.6 is 11.5 Å². The summed E-state index contributed by atoms with van der Waals surface area (Å²) in [6, 6.07) is 5.81. The number of fused-ring (bicyclic) bond motifs is 1. The van der Waals surface area contributed by atoms with E-state index in [0.29, 0.717) is 5.89 Å².